The lowest BCUT2D eigenvalue weighted by molar-refractivity contribution is 0.0655. The molecule has 0 aliphatic carbocycles. The van der Waals surface area contributed by atoms with Crippen molar-refractivity contribution in [1.82, 2.24) is 14.5 Å². The molecular weight excluding hydrogens is 360 g/mol. The van der Waals surface area contributed by atoms with Crippen LogP contribution >= 0.6 is 0 Å². The number of hydrogen-bond donors (Lipinski definition) is 0. The zero-order valence-electron chi connectivity index (χ0n) is 15.9. The molecule has 2 aromatic heterocycles. The van der Waals surface area contributed by atoms with Crippen LogP contribution in [0.2, 0.25) is 0 Å². The van der Waals surface area contributed by atoms with E-state index in [9.17, 15) is 9.59 Å². The highest BCUT2D eigenvalue weighted by Crippen LogP contribution is 2.23. The number of rotatable bonds is 5. The minimum absolute atomic E-state index is 0.150. The number of piperidine rings is 1. The van der Waals surface area contributed by atoms with Gasteiger partial charge in [0.2, 0.25) is 5.88 Å². The highest BCUT2D eigenvalue weighted by atomic mass is 16.5. The Morgan fingerprint density at radius 1 is 1.39 bits per heavy atom. The van der Waals surface area contributed by atoms with Gasteiger partial charge in [-0.25, -0.2) is 4.98 Å². The first kappa shape index (κ1) is 19.4. The summed E-state index contributed by atoms with van der Waals surface area (Å²) < 4.78 is 12.3. The van der Waals surface area contributed by atoms with Crippen LogP contribution in [0.25, 0.3) is 0 Å². The first-order valence-corrected chi connectivity index (χ1v) is 9.05. The molecule has 1 aliphatic rings. The summed E-state index contributed by atoms with van der Waals surface area (Å²) >= 11 is 0. The molecule has 0 spiro atoms. The van der Waals surface area contributed by atoms with Gasteiger partial charge in [-0.1, -0.05) is 0 Å². The standard InChI is InChI=1S/C20H22N4O4/c1-23-12-16(17(27-2)10-18(23)25)20(26)24-8-5-14(6-9-24)13-28-19-15(11-21)4-3-7-22-19/h3-4,7,10,12,14H,5-6,8-9,13H2,1-2H3. The molecule has 8 nitrogen and oxygen atoms in total. The lowest BCUT2D eigenvalue weighted by Crippen LogP contribution is -2.40. The van der Waals surface area contributed by atoms with Crippen LogP contribution in [-0.2, 0) is 7.05 Å². The molecule has 0 radical (unpaired) electrons. The number of carbonyl (C=O) groups excluding carboxylic acids is 1. The second kappa shape index (κ2) is 8.57. The van der Waals surface area contributed by atoms with Gasteiger partial charge in [0, 0.05) is 38.6 Å². The number of nitrogens with zero attached hydrogens (tertiary/aromatic N) is 4. The van der Waals surface area contributed by atoms with Crippen molar-refractivity contribution in [2.75, 3.05) is 26.8 Å². The third-order valence-electron chi connectivity index (χ3n) is 4.89. The normalized spacial score (nSPS) is 14.4. The number of likely N-dealkylation sites (tertiary alicyclic amines) is 1. The van der Waals surface area contributed by atoms with Gasteiger partial charge in [-0.3, -0.25) is 9.59 Å². The molecule has 146 valence electrons. The summed E-state index contributed by atoms with van der Waals surface area (Å²) in [6.07, 6.45) is 4.68. The maximum Gasteiger partial charge on any atom is 0.259 e. The predicted octanol–water partition coefficient (Wildman–Crippen LogP) is 1.59. The maximum atomic E-state index is 12.9. The monoisotopic (exact) mass is 382 g/mol. The van der Waals surface area contributed by atoms with Gasteiger partial charge in [0.25, 0.3) is 11.5 Å². The van der Waals surface area contributed by atoms with Crippen LogP contribution in [0.15, 0.2) is 35.4 Å². The molecule has 0 bridgehead atoms. The van der Waals surface area contributed by atoms with Crippen LogP contribution in [0.4, 0.5) is 0 Å². The summed E-state index contributed by atoms with van der Waals surface area (Å²) in [5, 5.41) is 9.09. The van der Waals surface area contributed by atoms with Crippen molar-refractivity contribution in [3.8, 4) is 17.7 Å². The highest BCUT2D eigenvalue weighted by Gasteiger charge is 2.26. The van der Waals surface area contributed by atoms with Crippen molar-refractivity contribution in [1.29, 1.82) is 5.26 Å². The van der Waals surface area contributed by atoms with E-state index in [2.05, 4.69) is 11.1 Å². The minimum atomic E-state index is -0.226. The number of pyridine rings is 2. The third kappa shape index (κ3) is 4.14. The smallest absolute Gasteiger partial charge is 0.259 e. The van der Waals surface area contributed by atoms with Gasteiger partial charge in [0.15, 0.2) is 0 Å². The topological polar surface area (TPSA) is 97.4 Å². The average molecular weight is 382 g/mol. The van der Waals surface area contributed by atoms with Gasteiger partial charge in [0.05, 0.1) is 19.3 Å². The second-order valence-electron chi connectivity index (χ2n) is 6.72. The molecule has 0 aromatic carbocycles. The van der Waals surface area contributed by atoms with Gasteiger partial charge < -0.3 is 18.9 Å². The van der Waals surface area contributed by atoms with E-state index in [0.717, 1.165) is 12.8 Å². The van der Waals surface area contributed by atoms with Crippen molar-refractivity contribution >= 4 is 5.91 Å². The Hall–Kier alpha value is -3.34. The zero-order valence-corrected chi connectivity index (χ0v) is 15.9. The van der Waals surface area contributed by atoms with E-state index in [1.165, 1.54) is 23.9 Å². The summed E-state index contributed by atoms with van der Waals surface area (Å²) in [4.78, 5) is 30.5. The molecule has 8 heteroatoms. The third-order valence-corrected chi connectivity index (χ3v) is 4.89. The molecule has 0 unspecified atom stereocenters. The Kier molecular flexibility index (Phi) is 5.94. The van der Waals surface area contributed by atoms with Crippen molar-refractivity contribution in [3.63, 3.8) is 0 Å². The summed E-state index contributed by atoms with van der Waals surface area (Å²) in [5.74, 6) is 0.763. The van der Waals surface area contributed by atoms with Gasteiger partial charge in [0.1, 0.15) is 17.4 Å². The van der Waals surface area contributed by atoms with Crippen LogP contribution in [-0.4, -0.2) is 47.2 Å². The lowest BCUT2D eigenvalue weighted by Gasteiger charge is -2.32. The van der Waals surface area contributed by atoms with E-state index in [1.807, 2.05) is 0 Å². The lowest BCUT2D eigenvalue weighted by atomic mass is 9.97. The van der Waals surface area contributed by atoms with Crippen molar-refractivity contribution in [3.05, 3.63) is 52.1 Å². The Morgan fingerprint density at radius 3 is 2.82 bits per heavy atom. The van der Waals surface area contributed by atoms with E-state index >= 15 is 0 Å². The number of nitriles is 1. The fraction of sp³-hybridized carbons (Fsp3) is 0.400. The highest BCUT2D eigenvalue weighted by molar-refractivity contribution is 5.96. The summed E-state index contributed by atoms with van der Waals surface area (Å²) in [7, 11) is 3.05. The molecule has 3 rings (SSSR count). The molecule has 28 heavy (non-hydrogen) atoms. The number of hydrogen-bond acceptors (Lipinski definition) is 6. The Balaban J connectivity index is 1.60. The SMILES string of the molecule is COc1cc(=O)n(C)cc1C(=O)N1CCC(COc2ncccc2C#N)CC1. The van der Waals surface area contributed by atoms with Crippen molar-refractivity contribution in [2.24, 2.45) is 13.0 Å². The predicted molar refractivity (Wildman–Crippen MR) is 101 cm³/mol. The Bertz CT molecular complexity index is 955. The van der Waals surface area contributed by atoms with Crippen molar-refractivity contribution in [2.45, 2.75) is 12.8 Å². The molecule has 1 aliphatic heterocycles. The number of ether oxygens (including phenoxy) is 2. The molecule has 0 N–H and O–H groups in total. The molecule has 1 saturated heterocycles. The van der Waals surface area contributed by atoms with Gasteiger partial charge in [-0.05, 0) is 30.9 Å². The van der Waals surface area contributed by atoms with E-state index < -0.39 is 0 Å². The van der Waals surface area contributed by atoms with Gasteiger partial charge >= 0.3 is 0 Å². The minimum Gasteiger partial charge on any atom is -0.496 e. The zero-order chi connectivity index (χ0) is 20.1. The fourth-order valence-electron chi connectivity index (χ4n) is 3.20. The fourth-order valence-corrected chi connectivity index (χ4v) is 3.20. The van der Waals surface area contributed by atoms with Crippen LogP contribution in [0.3, 0.4) is 0 Å². The molecule has 0 saturated carbocycles. The first-order chi connectivity index (χ1) is 13.5. The number of aromatic nitrogens is 2. The van der Waals surface area contributed by atoms with E-state index in [0.29, 0.717) is 36.7 Å². The maximum absolute atomic E-state index is 12.9. The number of amides is 1. The van der Waals surface area contributed by atoms with Crippen LogP contribution < -0.4 is 15.0 Å². The summed E-state index contributed by atoms with van der Waals surface area (Å²) in [5.41, 5.74) is 0.568. The summed E-state index contributed by atoms with van der Waals surface area (Å²) in [6, 6.07) is 6.76. The molecular formula is C20H22N4O4. The van der Waals surface area contributed by atoms with Crippen LogP contribution in [0, 0.1) is 17.2 Å². The van der Waals surface area contributed by atoms with E-state index in [1.54, 1.807) is 30.3 Å². The van der Waals surface area contributed by atoms with Crippen molar-refractivity contribution < 1.29 is 14.3 Å². The number of carbonyl (C=O) groups is 1. The van der Waals surface area contributed by atoms with E-state index in [-0.39, 0.29) is 23.1 Å². The Morgan fingerprint density at radius 2 is 2.14 bits per heavy atom. The molecule has 0 atom stereocenters. The van der Waals surface area contributed by atoms with Crippen LogP contribution in [0.5, 0.6) is 11.6 Å². The van der Waals surface area contributed by atoms with Crippen LogP contribution in [0.1, 0.15) is 28.8 Å². The quantitative estimate of drug-likeness (QED) is 0.779. The number of aryl methyl sites for hydroxylation is 1. The Labute approximate surface area is 162 Å². The summed E-state index contributed by atoms with van der Waals surface area (Å²) in [6.45, 7) is 1.63. The van der Waals surface area contributed by atoms with Gasteiger partial charge in [-0.15, -0.1) is 0 Å². The van der Waals surface area contributed by atoms with Gasteiger partial charge in [-0.2, -0.15) is 5.26 Å². The van der Waals surface area contributed by atoms with E-state index in [4.69, 9.17) is 14.7 Å². The number of methoxy groups -OCH3 is 1. The second-order valence-corrected chi connectivity index (χ2v) is 6.72. The largest absolute Gasteiger partial charge is 0.496 e. The molecule has 2 aromatic rings. The first-order valence-electron chi connectivity index (χ1n) is 9.05. The average Bonchev–Trinajstić information content (AvgIpc) is 2.73. The molecule has 1 amide bonds. The molecule has 3 heterocycles. The molecule has 1 fully saturated rings.